The maximum Gasteiger partial charge on any atom is 0.265 e. The molecule has 4 aromatic rings. The van der Waals surface area contributed by atoms with Crippen LogP contribution in [0.2, 0.25) is 0 Å². The first-order valence-corrected chi connectivity index (χ1v) is 12.2. The van der Waals surface area contributed by atoms with Crippen molar-refractivity contribution in [2.75, 3.05) is 17.1 Å². The molecule has 178 valence electrons. The van der Waals surface area contributed by atoms with Crippen LogP contribution < -0.4 is 14.8 Å². The van der Waals surface area contributed by atoms with E-state index in [9.17, 15) is 13.2 Å². The van der Waals surface area contributed by atoms with Gasteiger partial charge in [0.25, 0.3) is 15.9 Å². The van der Waals surface area contributed by atoms with Gasteiger partial charge in [0.2, 0.25) is 0 Å². The highest BCUT2D eigenvalue weighted by molar-refractivity contribution is 7.92. The Morgan fingerprint density at radius 2 is 1.57 bits per heavy atom. The molecule has 4 rings (SSSR count). The monoisotopic (exact) mass is 488 g/mol. The summed E-state index contributed by atoms with van der Waals surface area (Å²) >= 11 is 0. The predicted octanol–water partition coefficient (Wildman–Crippen LogP) is 4.82. The Labute approximate surface area is 204 Å². The van der Waals surface area contributed by atoms with Crippen LogP contribution in [0.25, 0.3) is 11.1 Å². The molecule has 0 aliphatic rings. The molecule has 0 saturated heterocycles. The molecule has 35 heavy (non-hydrogen) atoms. The Hall–Kier alpha value is -4.24. The Bertz CT molecular complexity index is 1470. The van der Waals surface area contributed by atoms with Gasteiger partial charge < -0.3 is 10.1 Å². The van der Waals surface area contributed by atoms with E-state index in [2.05, 4.69) is 20.0 Å². The maximum atomic E-state index is 13.3. The van der Waals surface area contributed by atoms with Gasteiger partial charge in [-0.3, -0.25) is 9.52 Å². The van der Waals surface area contributed by atoms with E-state index in [1.54, 1.807) is 36.7 Å². The molecule has 0 fully saturated rings. The number of ether oxygens (including phenoxy) is 1. The summed E-state index contributed by atoms with van der Waals surface area (Å²) in [5, 5.41) is 2.77. The minimum Gasteiger partial charge on any atom is -0.495 e. The van der Waals surface area contributed by atoms with Crippen LogP contribution in [-0.4, -0.2) is 31.4 Å². The number of amides is 1. The van der Waals surface area contributed by atoms with Gasteiger partial charge in [-0.15, -0.1) is 0 Å². The van der Waals surface area contributed by atoms with Crippen LogP contribution in [0.1, 0.15) is 21.5 Å². The molecule has 9 heteroatoms. The molecule has 1 aromatic heterocycles. The zero-order valence-electron chi connectivity index (χ0n) is 19.4. The summed E-state index contributed by atoms with van der Waals surface area (Å²) in [6, 6.07) is 17.0. The van der Waals surface area contributed by atoms with Gasteiger partial charge >= 0.3 is 0 Å². The standard InChI is InChI=1S/C26H24N4O4S/c1-17-6-4-7-18(2)25(17)30-35(32,33)24-13-22(10-11-23(24)34-3)29-26(31)20-9-5-8-19(12-20)21-14-27-16-28-15-21/h4-16,30H,1-3H3,(H,29,31). The van der Waals surface area contributed by atoms with Crippen molar-refractivity contribution in [1.82, 2.24) is 9.97 Å². The minimum atomic E-state index is -4.01. The number of para-hydroxylation sites is 1. The van der Waals surface area contributed by atoms with E-state index in [1.165, 1.54) is 25.6 Å². The third kappa shape index (κ3) is 5.30. The Morgan fingerprint density at radius 1 is 0.886 bits per heavy atom. The van der Waals surface area contributed by atoms with Gasteiger partial charge in [0.15, 0.2) is 0 Å². The summed E-state index contributed by atoms with van der Waals surface area (Å²) in [4.78, 5) is 20.9. The summed E-state index contributed by atoms with van der Waals surface area (Å²) in [7, 11) is -2.61. The van der Waals surface area contributed by atoms with Crippen LogP contribution in [0.4, 0.5) is 11.4 Å². The van der Waals surface area contributed by atoms with Gasteiger partial charge in [0, 0.05) is 29.2 Å². The number of hydrogen-bond acceptors (Lipinski definition) is 6. The molecule has 0 radical (unpaired) electrons. The fourth-order valence-corrected chi connectivity index (χ4v) is 5.02. The number of aromatic nitrogens is 2. The first kappa shape index (κ1) is 23.9. The Kier molecular flexibility index (Phi) is 6.79. The highest BCUT2D eigenvalue weighted by Crippen LogP contribution is 2.31. The molecule has 0 spiro atoms. The van der Waals surface area contributed by atoms with Crippen molar-refractivity contribution < 1.29 is 17.9 Å². The Morgan fingerprint density at radius 3 is 2.26 bits per heavy atom. The van der Waals surface area contributed by atoms with E-state index in [-0.39, 0.29) is 16.6 Å². The fraction of sp³-hybridized carbons (Fsp3) is 0.115. The number of rotatable bonds is 7. The van der Waals surface area contributed by atoms with Crippen molar-refractivity contribution in [3.63, 3.8) is 0 Å². The smallest absolute Gasteiger partial charge is 0.265 e. The summed E-state index contributed by atoms with van der Waals surface area (Å²) in [6.07, 6.45) is 4.76. The highest BCUT2D eigenvalue weighted by atomic mass is 32.2. The lowest BCUT2D eigenvalue weighted by Crippen LogP contribution is -2.17. The van der Waals surface area contributed by atoms with Gasteiger partial charge in [-0.25, -0.2) is 18.4 Å². The average Bonchev–Trinajstić information content (AvgIpc) is 2.87. The van der Waals surface area contributed by atoms with E-state index < -0.39 is 10.0 Å². The number of nitrogens with one attached hydrogen (secondary N) is 2. The molecule has 0 unspecified atom stereocenters. The van der Waals surface area contributed by atoms with E-state index >= 15 is 0 Å². The SMILES string of the molecule is COc1ccc(NC(=O)c2cccc(-c3cncnc3)c2)cc1S(=O)(=O)Nc1c(C)cccc1C. The van der Waals surface area contributed by atoms with Crippen LogP contribution in [0.15, 0.2) is 84.3 Å². The second-order valence-electron chi connectivity index (χ2n) is 7.90. The molecular weight excluding hydrogens is 464 g/mol. The van der Waals surface area contributed by atoms with Crippen molar-refractivity contribution in [1.29, 1.82) is 0 Å². The molecule has 2 N–H and O–H groups in total. The summed E-state index contributed by atoms with van der Waals surface area (Å²) in [6.45, 7) is 3.66. The molecule has 1 heterocycles. The number of nitrogens with zero attached hydrogens (tertiary/aromatic N) is 2. The second kappa shape index (κ2) is 9.94. The summed E-state index contributed by atoms with van der Waals surface area (Å²) in [5.41, 5.74) is 4.37. The number of anilines is 2. The summed E-state index contributed by atoms with van der Waals surface area (Å²) < 4.78 is 34.5. The third-order valence-electron chi connectivity index (χ3n) is 5.45. The van der Waals surface area contributed by atoms with Gasteiger partial charge in [-0.2, -0.15) is 0 Å². The minimum absolute atomic E-state index is 0.0874. The summed E-state index contributed by atoms with van der Waals surface area (Å²) in [5.74, 6) is -0.229. The molecular formula is C26H24N4O4S. The van der Waals surface area contributed by atoms with Gasteiger partial charge in [0.05, 0.1) is 12.8 Å². The van der Waals surface area contributed by atoms with E-state index in [1.807, 2.05) is 38.1 Å². The third-order valence-corrected chi connectivity index (χ3v) is 6.82. The van der Waals surface area contributed by atoms with Gasteiger partial charge in [0.1, 0.15) is 17.0 Å². The zero-order valence-corrected chi connectivity index (χ0v) is 20.3. The number of carbonyl (C=O) groups excluding carboxylic acids is 1. The van der Waals surface area contributed by atoms with E-state index in [0.717, 1.165) is 22.3 Å². The number of methoxy groups -OCH3 is 1. The van der Waals surface area contributed by atoms with Crippen molar-refractivity contribution in [2.45, 2.75) is 18.7 Å². The largest absolute Gasteiger partial charge is 0.495 e. The molecule has 8 nitrogen and oxygen atoms in total. The first-order chi connectivity index (χ1) is 16.8. The lowest BCUT2D eigenvalue weighted by molar-refractivity contribution is 0.102. The lowest BCUT2D eigenvalue weighted by Gasteiger charge is -2.16. The molecule has 0 aliphatic carbocycles. The molecule has 0 aliphatic heterocycles. The number of hydrogen-bond donors (Lipinski definition) is 2. The number of benzene rings is 3. The van der Waals surface area contributed by atoms with Crippen molar-refractivity contribution in [3.8, 4) is 16.9 Å². The topological polar surface area (TPSA) is 110 Å². The Balaban J connectivity index is 1.62. The highest BCUT2D eigenvalue weighted by Gasteiger charge is 2.22. The quantitative estimate of drug-likeness (QED) is 0.386. The van der Waals surface area contributed by atoms with Crippen LogP contribution in [-0.2, 0) is 10.0 Å². The van der Waals surface area contributed by atoms with Crippen LogP contribution in [0, 0.1) is 13.8 Å². The lowest BCUT2D eigenvalue weighted by atomic mass is 10.1. The van der Waals surface area contributed by atoms with Gasteiger partial charge in [-0.05, 0) is 60.9 Å². The molecule has 3 aromatic carbocycles. The zero-order chi connectivity index (χ0) is 25.0. The number of aryl methyl sites for hydroxylation is 2. The fourth-order valence-electron chi connectivity index (χ4n) is 3.62. The van der Waals surface area contributed by atoms with Crippen LogP contribution >= 0.6 is 0 Å². The van der Waals surface area contributed by atoms with E-state index in [0.29, 0.717) is 16.9 Å². The van der Waals surface area contributed by atoms with Crippen LogP contribution in [0.3, 0.4) is 0 Å². The average molecular weight is 489 g/mol. The number of sulfonamides is 1. The van der Waals surface area contributed by atoms with Crippen molar-refractivity contribution >= 4 is 27.3 Å². The van der Waals surface area contributed by atoms with E-state index in [4.69, 9.17) is 4.74 Å². The predicted molar refractivity (Wildman–Crippen MR) is 135 cm³/mol. The molecule has 0 saturated carbocycles. The van der Waals surface area contributed by atoms with Crippen molar-refractivity contribution in [3.05, 3.63) is 96.1 Å². The molecule has 0 bridgehead atoms. The normalized spacial score (nSPS) is 11.1. The van der Waals surface area contributed by atoms with Crippen LogP contribution in [0.5, 0.6) is 5.75 Å². The van der Waals surface area contributed by atoms with Gasteiger partial charge in [-0.1, -0.05) is 30.3 Å². The van der Waals surface area contributed by atoms with Crippen molar-refractivity contribution in [2.24, 2.45) is 0 Å². The molecule has 0 atom stereocenters. The maximum absolute atomic E-state index is 13.3. The number of carbonyl (C=O) groups is 1. The molecule has 1 amide bonds. The second-order valence-corrected chi connectivity index (χ2v) is 9.55. The first-order valence-electron chi connectivity index (χ1n) is 10.7.